The van der Waals surface area contributed by atoms with E-state index in [-0.39, 0.29) is 0 Å². The highest BCUT2D eigenvalue weighted by atomic mass is 16.3. The van der Waals surface area contributed by atoms with Crippen LogP contribution in [0, 0.1) is 13.8 Å². The summed E-state index contributed by atoms with van der Waals surface area (Å²) in [6, 6.07) is 6.00. The summed E-state index contributed by atoms with van der Waals surface area (Å²) in [7, 11) is 0. The predicted octanol–water partition coefficient (Wildman–Crippen LogP) is 2.58. The molecule has 3 nitrogen and oxygen atoms in total. The topological polar surface area (TPSA) is 38.1 Å². The third-order valence-corrected chi connectivity index (χ3v) is 2.66. The van der Waals surface area contributed by atoms with Crippen LogP contribution < -0.4 is 5.32 Å². The van der Waals surface area contributed by atoms with E-state index in [1.807, 2.05) is 25.3 Å². The van der Waals surface area contributed by atoms with Crippen LogP contribution in [-0.4, -0.2) is 4.98 Å². The van der Waals surface area contributed by atoms with E-state index in [1.54, 1.807) is 6.26 Å². The predicted molar refractivity (Wildman–Crippen MR) is 63.0 cm³/mol. The van der Waals surface area contributed by atoms with Gasteiger partial charge in [0.15, 0.2) is 0 Å². The van der Waals surface area contributed by atoms with Crippen LogP contribution in [0.4, 0.5) is 0 Å². The van der Waals surface area contributed by atoms with Gasteiger partial charge in [0, 0.05) is 12.7 Å². The number of hydrogen-bond donors (Lipinski definition) is 1. The summed E-state index contributed by atoms with van der Waals surface area (Å²) >= 11 is 0. The lowest BCUT2D eigenvalue weighted by Crippen LogP contribution is -2.14. The SMILES string of the molecule is Cc1cccnc1CNCc1occc1C. The number of nitrogens with one attached hydrogen (secondary N) is 1. The second-order valence-corrected chi connectivity index (χ2v) is 3.90. The molecule has 0 atom stereocenters. The van der Waals surface area contributed by atoms with Crippen molar-refractivity contribution in [2.24, 2.45) is 0 Å². The van der Waals surface area contributed by atoms with Gasteiger partial charge < -0.3 is 9.73 Å². The highest BCUT2D eigenvalue weighted by Gasteiger charge is 2.02. The van der Waals surface area contributed by atoms with Crippen LogP contribution in [0.15, 0.2) is 35.1 Å². The van der Waals surface area contributed by atoms with Gasteiger partial charge in [-0.3, -0.25) is 4.98 Å². The Bertz CT molecular complexity index is 462. The van der Waals surface area contributed by atoms with Crippen molar-refractivity contribution in [1.29, 1.82) is 0 Å². The maximum absolute atomic E-state index is 5.35. The van der Waals surface area contributed by atoms with Crippen LogP contribution in [0.2, 0.25) is 0 Å². The number of nitrogens with zero attached hydrogens (tertiary/aromatic N) is 1. The van der Waals surface area contributed by atoms with Crippen molar-refractivity contribution in [1.82, 2.24) is 10.3 Å². The Labute approximate surface area is 95.5 Å². The molecule has 0 amide bonds. The molecule has 2 aromatic heterocycles. The highest BCUT2D eigenvalue weighted by Crippen LogP contribution is 2.08. The highest BCUT2D eigenvalue weighted by molar-refractivity contribution is 5.18. The first kappa shape index (κ1) is 10.9. The van der Waals surface area contributed by atoms with Gasteiger partial charge in [-0.1, -0.05) is 6.07 Å². The largest absolute Gasteiger partial charge is 0.468 e. The first-order chi connectivity index (χ1) is 7.77. The van der Waals surface area contributed by atoms with E-state index in [4.69, 9.17) is 4.42 Å². The molecule has 2 aromatic rings. The molecule has 0 aromatic carbocycles. The quantitative estimate of drug-likeness (QED) is 0.853. The van der Waals surface area contributed by atoms with Crippen LogP contribution in [-0.2, 0) is 13.1 Å². The van der Waals surface area contributed by atoms with Gasteiger partial charge >= 0.3 is 0 Å². The number of aromatic nitrogens is 1. The fourth-order valence-electron chi connectivity index (χ4n) is 1.58. The standard InChI is InChI=1S/C13H16N2O/c1-10-4-3-6-15-12(10)8-14-9-13-11(2)5-7-16-13/h3-7,14H,8-9H2,1-2H3. The van der Waals surface area contributed by atoms with Gasteiger partial charge in [0.25, 0.3) is 0 Å². The Morgan fingerprint density at radius 1 is 1.19 bits per heavy atom. The molecule has 0 bridgehead atoms. The fourth-order valence-corrected chi connectivity index (χ4v) is 1.58. The number of pyridine rings is 1. The van der Waals surface area contributed by atoms with E-state index >= 15 is 0 Å². The van der Waals surface area contributed by atoms with Crippen molar-refractivity contribution in [2.75, 3.05) is 0 Å². The minimum Gasteiger partial charge on any atom is -0.468 e. The molecule has 84 valence electrons. The summed E-state index contributed by atoms with van der Waals surface area (Å²) in [5, 5.41) is 3.33. The maximum Gasteiger partial charge on any atom is 0.120 e. The second kappa shape index (κ2) is 4.94. The smallest absolute Gasteiger partial charge is 0.120 e. The summed E-state index contributed by atoms with van der Waals surface area (Å²) in [4.78, 5) is 4.33. The molecule has 0 saturated carbocycles. The van der Waals surface area contributed by atoms with E-state index in [9.17, 15) is 0 Å². The Hall–Kier alpha value is -1.61. The first-order valence-electron chi connectivity index (χ1n) is 5.41. The van der Waals surface area contributed by atoms with Crippen molar-refractivity contribution >= 4 is 0 Å². The number of rotatable bonds is 4. The number of hydrogen-bond acceptors (Lipinski definition) is 3. The van der Waals surface area contributed by atoms with Crippen LogP contribution in [0.25, 0.3) is 0 Å². The van der Waals surface area contributed by atoms with Crippen LogP contribution in [0.5, 0.6) is 0 Å². The zero-order valence-corrected chi connectivity index (χ0v) is 9.66. The summed E-state index contributed by atoms with van der Waals surface area (Å²) in [6.07, 6.45) is 3.54. The van der Waals surface area contributed by atoms with Gasteiger partial charge in [-0.05, 0) is 37.1 Å². The van der Waals surface area contributed by atoms with Crippen LogP contribution in [0.3, 0.4) is 0 Å². The lowest BCUT2D eigenvalue weighted by molar-refractivity contribution is 0.479. The Morgan fingerprint density at radius 3 is 2.75 bits per heavy atom. The van der Waals surface area contributed by atoms with E-state index in [2.05, 4.69) is 23.3 Å². The third-order valence-electron chi connectivity index (χ3n) is 2.66. The summed E-state index contributed by atoms with van der Waals surface area (Å²) < 4.78 is 5.35. The summed E-state index contributed by atoms with van der Waals surface area (Å²) in [5.74, 6) is 0.994. The second-order valence-electron chi connectivity index (χ2n) is 3.90. The van der Waals surface area contributed by atoms with Crippen LogP contribution >= 0.6 is 0 Å². The molecule has 0 saturated heterocycles. The van der Waals surface area contributed by atoms with Gasteiger partial charge in [-0.25, -0.2) is 0 Å². The van der Waals surface area contributed by atoms with Gasteiger partial charge in [0.05, 0.1) is 18.5 Å². The first-order valence-corrected chi connectivity index (χ1v) is 5.41. The minimum absolute atomic E-state index is 0.745. The molecule has 0 aliphatic heterocycles. The molecule has 3 heteroatoms. The third kappa shape index (κ3) is 2.49. The average molecular weight is 216 g/mol. The molecule has 16 heavy (non-hydrogen) atoms. The number of aryl methyl sites for hydroxylation is 2. The molecule has 0 unspecified atom stereocenters. The van der Waals surface area contributed by atoms with Crippen molar-refractivity contribution in [3.63, 3.8) is 0 Å². The molecule has 0 fully saturated rings. The lowest BCUT2D eigenvalue weighted by atomic mass is 10.2. The monoisotopic (exact) mass is 216 g/mol. The van der Waals surface area contributed by atoms with Gasteiger partial charge in [0.1, 0.15) is 5.76 Å². The Balaban J connectivity index is 1.89. The van der Waals surface area contributed by atoms with Crippen LogP contribution in [0.1, 0.15) is 22.6 Å². The minimum atomic E-state index is 0.745. The molecule has 2 rings (SSSR count). The summed E-state index contributed by atoms with van der Waals surface area (Å²) in [5.41, 5.74) is 3.49. The van der Waals surface area contributed by atoms with Crippen molar-refractivity contribution < 1.29 is 4.42 Å². The molecule has 0 spiro atoms. The Morgan fingerprint density at radius 2 is 2.06 bits per heavy atom. The van der Waals surface area contributed by atoms with E-state index < -0.39 is 0 Å². The maximum atomic E-state index is 5.35. The van der Waals surface area contributed by atoms with E-state index in [0.29, 0.717) is 0 Å². The molecule has 0 radical (unpaired) electrons. The van der Waals surface area contributed by atoms with E-state index in [0.717, 1.165) is 24.5 Å². The molecular weight excluding hydrogens is 200 g/mol. The van der Waals surface area contributed by atoms with Crippen molar-refractivity contribution in [3.05, 3.63) is 53.2 Å². The van der Waals surface area contributed by atoms with Gasteiger partial charge in [-0.15, -0.1) is 0 Å². The number of furan rings is 1. The lowest BCUT2D eigenvalue weighted by Gasteiger charge is -2.05. The van der Waals surface area contributed by atoms with Crippen molar-refractivity contribution in [3.8, 4) is 0 Å². The zero-order valence-electron chi connectivity index (χ0n) is 9.66. The molecule has 2 heterocycles. The Kier molecular flexibility index (Phi) is 3.37. The van der Waals surface area contributed by atoms with Crippen molar-refractivity contribution in [2.45, 2.75) is 26.9 Å². The molecule has 0 aliphatic carbocycles. The molecular formula is C13H16N2O. The average Bonchev–Trinajstić information content (AvgIpc) is 2.67. The van der Waals surface area contributed by atoms with Gasteiger partial charge in [-0.2, -0.15) is 0 Å². The fraction of sp³-hybridized carbons (Fsp3) is 0.308. The summed E-state index contributed by atoms with van der Waals surface area (Å²) in [6.45, 7) is 5.64. The van der Waals surface area contributed by atoms with E-state index in [1.165, 1.54) is 11.1 Å². The molecule has 1 N–H and O–H groups in total. The molecule has 0 aliphatic rings. The van der Waals surface area contributed by atoms with Gasteiger partial charge in [0.2, 0.25) is 0 Å². The normalized spacial score (nSPS) is 10.6. The zero-order chi connectivity index (χ0) is 11.4.